The highest BCUT2D eigenvalue weighted by atomic mass is 16.4. The predicted octanol–water partition coefficient (Wildman–Crippen LogP) is 1.86. The second-order valence-corrected chi connectivity index (χ2v) is 3.08. The zero-order chi connectivity index (χ0) is 9.71. The minimum atomic E-state index is 0.400. The van der Waals surface area contributed by atoms with Crippen molar-refractivity contribution in [2.45, 2.75) is 6.92 Å². The molecular weight excluding hydrogens is 182 g/mol. The number of aryl methyl sites for hydroxylation is 1. The Kier molecular flexibility index (Phi) is 1.19. The molecule has 5 heteroatoms. The Morgan fingerprint density at radius 2 is 2.00 bits per heavy atom. The number of furan rings is 1. The van der Waals surface area contributed by atoms with Gasteiger partial charge in [-0.3, -0.25) is 0 Å². The molecule has 0 fully saturated rings. The van der Waals surface area contributed by atoms with E-state index in [1.807, 2.05) is 0 Å². The summed E-state index contributed by atoms with van der Waals surface area (Å²) in [5.41, 5.74) is 6.86. The van der Waals surface area contributed by atoms with Gasteiger partial charge in [0.05, 0.1) is 10.8 Å². The lowest BCUT2D eigenvalue weighted by Gasteiger charge is -1.92. The smallest absolute Gasteiger partial charge is 0.249 e. The highest BCUT2D eigenvalue weighted by molar-refractivity contribution is 6.05. The summed E-state index contributed by atoms with van der Waals surface area (Å²) >= 11 is 0. The summed E-state index contributed by atoms with van der Waals surface area (Å²) in [6.45, 7) is 1.77. The van der Waals surface area contributed by atoms with Crippen LogP contribution in [0.4, 0.5) is 5.82 Å². The maximum Gasteiger partial charge on any atom is 0.249 e. The van der Waals surface area contributed by atoms with Crippen LogP contribution in [0, 0.1) is 6.92 Å². The molecule has 14 heavy (non-hydrogen) atoms. The van der Waals surface area contributed by atoms with E-state index < -0.39 is 0 Å². The van der Waals surface area contributed by atoms with Crippen LogP contribution in [0.25, 0.3) is 22.0 Å². The number of nitrogen functional groups attached to an aromatic ring is 1. The molecule has 5 nitrogen and oxygen atoms in total. The van der Waals surface area contributed by atoms with Crippen LogP contribution in [-0.2, 0) is 0 Å². The molecule has 3 heterocycles. The van der Waals surface area contributed by atoms with E-state index in [-0.39, 0.29) is 0 Å². The number of fused-ring (bicyclic) bond motifs is 3. The van der Waals surface area contributed by atoms with Crippen molar-refractivity contribution in [2.24, 2.45) is 0 Å². The first kappa shape index (κ1) is 7.37. The molecule has 3 aromatic heterocycles. The number of nitrogens with zero attached hydrogens (tertiary/aromatic N) is 2. The lowest BCUT2D eigenvalue weighted by atomic mass is 10.2. The summed E-state index contributed by atoms with van der Waals surface area (Å²) in [7, 11) is 0. The van der Waals surface area contributed by atoms with Crippen molar-refractivity contribution in [2.75, 3.05) is 5.73 Å². The molecule has 3 rings (SSSR count). The van der Waals surface area contributed by atoms with E-state index in [2.05, 4.69) is 9.97 Å². The van der Waals surface area contributed by atoms with Gasteiger partial charge in [0.1, 0.15) is 23.9 Å². The Labute approximate surface area is 78.5 Å². The lowest BCUT2D eigenvalue weighted by molar-refractivity contribution is 0.552. The van der Waals surface area contributed by atoms with Gasteiger partial charge in [-0.05, 0) is 0 Å². The molecule has 0 amide bonds. The van der Waals surface area contributed by atoms with Gasteiger partial charge in [0.15, 0.2) is 5.89 Å². The molecule has 2 N–H and O–H groups in total. The van der Waals surface area contributed by atoms with Crippen molar-refractivity contribution in [1.82, 2.24) is 9.97 Å². The van der Waals surface area contributed by atoms with Gasteiger partial charge in [0.25, 0.3) is 0 Å². The minimum Gasteiger partial charge on any atom is -0.471 e. The van der Waals surface area contributed by atoms with Crippen LogP contribution in [0.2, 0.25) is 0 Å². The fourth-order valence-corrected chi connectivity index (χ4v) is 1.52. The third-order valence-electron chi connectivity index (χ3n) is 2.13. The van der Waals surface area contributed by atoms with Crippen molar-refractivity contribution in [3.8, 4) is 0 Å². The number of pyridine rings is 1. The normalized spacial score (nSPS) is 11.5. The molecule has 0 bridgehead atoms. The molecule has 0 atom stereocenters. The average molecular weight is 189 g/mol. The monoisotopic (exact) mass is 189 g/mol. The molecule has 70 valence electrons. The highest BCUT2D eigenvalue weighted by Crippen LogP contribution is 2.28. The molecule has 3 aromatic rings. The Hall–Kier alpha value is -2.04. The minimum absolute atomic E-state index is 0.400. The number of aromatic nitrogens is 2. The fourth-order valence-electron chi connectivity index (χ4n) is 1.52. The van der Waals surface area contributed by atoms with Crippen molar-refractivity contribution in [3.63, 3.8) is 0 Å². The van der Waals surface area contributed by atoms with Crippen molar-refractivity contribution in [1.29, 1.82) is 0 Å². The standard InChI is InChI=1S/C9H7N3O2/c1-4-11-7-5-2-13-3-6(5)8(10)12-9(7)14-4/h2-3H,1H3,(H2,10,12). The van der Waals surface area contributed by atoms with Gasteiger partial charge < -0.3 is 14.6 Å². The van der Waals surface area contributed by atoms with Gasteiger partial charge in [-0.2, -0.15) is 4.98 Å². The Morgan fingerprint density at radius 1 is 1.21 bits per heavy atom. The first-order valence-corrected chi connectivity index (χ1v) is 4.14. The van der Waals surface area contributed by atoms with E-state index in [9.17, 15) is 0 Å². The van der Waals surface area contributed by atoms with Crippen LogP contribution in [0.5, 0.6) is 0 Å². The van der Waals surface area contributed by atoms with Crippen molar-refractivity contribution >= 4 is 27.8 Å². The third-order valence-corrected chi connectivity index (χ3v) is 2.13. The van der Waals surface area contributed by atoms with Gasteiger partial charge in [0.2, 0.25) is 5.71 Å². The Bertz CT molecular complexity index is 623. The van der Waals surface area contributed by atoms with E-state index in [1.54, 1.807) is 19.5 Å². The first-order chi connectivity index (χ1) is 6.75. The van der Waals surface area contributed by atoms with Gasteiger partial charge >= 0.3 is 0 Å². The molecule has 0 aromatic carbocycles. The molecule has 0 saturated heterocycles. The van der Waals surface area contributed by atoms with Crippen molar-refractivity contribution in [3.05, 3.63) is 18.4 Å². The molecule has 0 aliphatic carbocycles. The summed E-state index contributed by atoms with van der Waals surface area (Å²) in [6.07, 6.45) is 3.15. The van der Waals surface area contributed by atoms with Crippen LogP contribution in [0.1, 0.15) is 5.89 Å². The number of rotatable bonds is 0. The fraction of sp³-hybridized carbons (Fsp3) is 0.111. The summed E-state index contributed by atoms with van der Waals surface area (Å²) in [5.74, 6) is 0.970. The first-order valence-electron chi connectivity index (χ1n) is 4.14. The van der Waals surface area contributed by atoms with Crippen LogP contribution < -0.4 is 5.73 Å². The number of nitrogens with two attached hydrogens (primary N) is 1. The SMILES string of the molecule is Cc1nc2c(nc(N)c3cocc32)o1. The predicted molar refractivity (Wildman–Crippen MR) is 50.7 cm³/mol. The topological polar surface area (TPSA) is 78.1 Å². The lowest BCUT2D eigenvalue weighted by Crippen LogP contribution is -1.90. The van der Waals surface area contributed by atoms with Gasteiger partial charge in [-0.15, -0.1) is 0 Å². The van der Waals surface area contributed by atoms with Crippen LogP contribution >= 0.6 is 0 Å². The molecule has 0 saturated carbocycles. The van der Waals surface area contributed by atoms with Gasteiger partial charge in [-0.1, -0.05) is 0 Å². The van der Waals surface area contributed by atoms with E-state index in [0.717, 1.165) is 10.8 Å². The zero-order valence-corrected chi connectivity index (χ0v) is 7.44. The van der Waals surface area contributed by atoms with Crippen LogP contribution in [-0.4, -0.2) is 9.97 Å². The van der Waals surface area contributed by atoms with Crippen molar-refractivity contribution < 1.29 is 8.83 Å². The molecule has 0 aliphatic rings. The average Bonchev–Trinajstić information content (AvgIpc) is 2.69. The highest BCUT2D eigenvalue weighted by Gasteiger charge is 2.12. The Morgan fingerprint density at radius 3 is 2.86 bits per heavy atom. The largest absolute Gasteiger partial charge is 0.471 e. The number of oxazole rings is 1. The third kappa shape index (κ3) is 0.783. The van der Waals surface area contributed by atoms with Gasteiger partial charge in [0, 0.05) is 6.92 Å². The van der Waals surface area contributed by atoms with E-state index in [1.165, 1.54) is 0 Å². The molecule has 0 aliphatic heterocycles. The maximum absolute atomic E-state index is 5.72. The van der Waals surface area contributed by atoms with Crippen LogP contribution in [0.15, 0.2) is 21.4 Å². The van der Waals surface area contributed by atoms with E-state index in [0.29, 0.717) is 22.9 Å². The zero-order valence-electron chi connectivity index (χ0n) is 7.44. The number of hydrogen-bond acceptors (Lipinski definition) is 5. The molecule has 0 spiro atoms. The van der Waals surface area contributed by atoms with E-state index >= 15 is 0 Å². The quantitative estimate of drug-likeness (QED) is 0.583. The second-order valence-electron chi connectivity index (χ2n) is 3.08. The summed E-state index contributed by atoms with van der Waals surface area (Å²) in [5, 5.41) is 1.61. The number of hydrogen-bond donors (Lipinski definition) is 1. The summed E-state index contributed by atoms with van der Waals surface area (Å²) in [4.78, 5) is 8.30. The molecular formula is C9H7N3O2. The van der Waals surface area contributed by atoms with E-state index in [4.69, 9.17) is 14.6 Å². The maximum atomic E-state index is 5.72. The molecule has 0 radical (unpaired) electrons. The van der Waals surface area contributed by atoms with Crippen LogP contribution in [0.3, 0.4) is 0 Å². The number of anilines is 1. The summed E-state index contributed by atoms with van der Waals surface area (Å²) < 4.78 is 10.3. The summed E-state index contributed by atoms with van der Waals surface area (Å²) in [6, 6.07) is 0. The van der Waals surface area contributed by atoms with Gasteiger partial charge in [-0.25, -0.2) is 4.98 Å². The molecule has 0 unspecified atom stereocenters. The second kappa shape index (κ2) is 2.25. The Balaban J connectivity index is 2.64.